The van der Waals surface area contributed by atoms with Crippen molar-refractivity contribution >= 4 is 15.9 Å². The van der Waals surface area contributed by atoms with Crippen molar-refractivity contribution in [3.63, 3.8) is 0 Å². The van der Waals surface area contributed by atoms with Crippen LogP contribution in [0.3, 0.4) is 0 Å². The molecule has 1 aliphatic rings. The van der Waals surface area contributed by atoms with Gasteiger partial charge in [-0.25, -0.2) is 0 Å². The zero-order valence-corrected chi connectivity index (χ0v) is 13.6. The second-order valence-electron chi connectivity index (χ2n) is 5.69. The van der Waals surface area contributed by atoms with Gasteiger partial charge >= 0.3 is 0 Å². The number of ether oxygens (including phenoxy) is 2. The predicted molar refractivity (Wildman–Crippen MR) is 81.2 cm³/mol. The Morgan fingerprint density at radius 2 is 1.84 bits per heavy atom. The third kappa shape index (κ3) is 2.90. The van der Waals surface area contributed by atoms with E-state index in [-0.39, 0.29) is 5.54 Å². The molecule has 0 atom stereocenters. The summed E-state index contributed by atoms with van der Waals surface area (Å²) in [7, 11) is 3.35. The topological polar surface area (TPSA) is 44.5 Å². The average molecular weight is 328 g/mol. The van der Waals surface area contributed by atoms with Gasteiger partial charge in [-0.2, -0.15) is 0 Å². The van der Waals surface area contributed by atoms with Crippen LogP contribution in [0, 0.1) is 0 Å². The Balaban J connectivity index is 2.55. The van der Waals surface area contributed by atoms with Crippen molar-refractivity contribution in [1.82, 2.24) is 0 Å². The third-order valence-electron chi connectivity index (χ3n) is 3.74. The molecule has 0 unspecified atom stereocenters. The molecule has 1 fully saturated rings. The third-order valence-corrected chi connectivity index (χ3v) is 4.32. The highest BCUT2D eigenvalue weighted by Gasteiger charge is 2.39. The summed E-state index contributed by atoms with van der Waals surface area (Å²) in [5.74, 6) is 1.96. The highest BCUT2D eigenvalue weighted by molar-refractivity contribution is 9.10. The van der Waals surface area contributed by atoms with Crippen LogP contribution in [0.25, 0.3) is 0 Å². The fourth-order valence-electron chi connectivity index (χ4n) is 2.56. The van der Waals surface area contributed by atoms with Crippen LogP contribution in [0.5, 0.6) is 11.5 Å². The molecule has 3 nitrogen and oxygen atoms in total. The maximum Gasteiger partial charge on any atom is 0.175 e. The fraction of sp³-hybridized carbons (Fsp3) is 0.600. The molecular formula is C15H22BrNO2. The lowest BCUT2D eigenvalue weighted by Crippen LogP contribution is -2.25. The van der Waals surface area contributed by atoms with Crippen molar-refractivity contribution in [1.29, 1.82) is 0 Å². The zero-order chi connectivity index (χ0) is 14.2. The summed E-state index contributed by atoms with van der Waals surface area (Å²) < 4.78 is 12.0. The van der Waals surface area contributed by atoms with Gasteiger partial charge < -0.3 is 15.2 Å². The molecule has 0 heterocycles. The van der Waals surface area contributed by atoms with Gasteiger partial charge in [0.25, 0.3) is 0 Å². The number of nitrogens with two attached hydrogens (primary N) is 1. The summed E-state index contributed by atoms with van der Waals surface area (Å²) in [5, 5.41) is 0. The van der Waals surface area contributed by atoms with Crippen LogP contribution >= 0.6 is 15.9 Å². The average Bonchev–Trinajstić information content (AvgIpc) is 3.05. The van der Waals surface area contributed by atoms with Crippen LogP contribution < -0.4 is 15.2 Å². The van der Waals surface area contributed by atoms with Gasteiger partial charge in [0.15, 0.2) is 11.5 Å². The van der Waals surface area contributed by atoms with E-state index in [1.165, 1.54) is 11.1 Å². The van der Waals surface area contributed by atoms with Crippen LogP contribution in [0.4, 0.5) is 0 Å². The number of methoxy groups -OCH3 is 2. The van der Waals surface area contributed by atoms with Gasteiger partial charge in [-0.15, -0.1) is 0 Å². The first-order chi connectivity index (χ1) is 8.91. The molecule has 2 N–H and O–H groups in total. The maximum absolute atomic E-state index is 6.27. The molecule has 19 heavy (non-hydrogen) atoms. The highest BCUT2D eigenvalue weighted by Crippen LogP contribution is 2.46. The Hall–Kier alpha value is -0.740. The Labute approximate surface area is 123 Å². The molecule has 1 aromatic carbocycles. The number of hydrogen-bond donors (Lipinski definition) is 1. The number of hydrogen-bond acceptors (Lipinski definition) is 3. The first-order valence-electron chi connectivity index (χ1n) is 6.64. The zero-order valence-electron chi connectivity index (χ0n) is 12.0. The second-order valence-corrected chi connectivity index (χ2v) is 6.55. The predicted octanol–water partition coefficient (Wildman–Crippen LogP) is 3.62. The van der Waals surface area contributed by atoms with Gasteiger partial charge in [0.2, 0.25) is 0 Å². The Bertz CT molecular complexity index is 482. The lowest BCUT2D eigenvalue weighted by atomic mass is 9.91. The van der Waals surface area contributed by atoms with Crippen molar-refractivity contribution in [2.75, 3.05) is 14.2 Å². The molecule has 0 bridgehead atoms. The molecule has 4 heteroatoms. The van der Waals surface area contributed by atoms with Gasteiger partial charge in [0.05, 0.1) is 18.7 Å². The molecule has 0 aromatic heterocycles. The van der Waals surface area contributed by atoms with Crippen LogP contribution in [0.15, 0.2) is 10.5 Å². The Morgan fingerprint density at radius 1 is 1.26 bits per heavy atom. The smallest absolute Gasteiger partial charge is 0.175 e. The van der Waals surface area contributed by atoms with E-state index in [1.807, 2.05) is 0 Å². The summed E-state index contributed by atoms with van der Waals surface area (Å²) in [5.41, 5.74) is 8.73. The molecule has 0 amide bonds. The molecule has 1 aliphatic carbocycles. The van der Waals surface area contributed by atoms with Crippen molar-refractivity contribution in [3.05, 3.63) is 21.7 Å². The SMILES string of the molecule is COc1c(Br)cc(CC2(N)CC2)c(C(C)C)c1OC. The summed E-state index contributed by atoms with van der Waals surface area (Å²) in [6, 6.07) is 2.13. The van der Waals surface area contributed by atoms with E-state index in [0.717, 1.165) is 35.2 Å². The Kier molecular flexibility index (Phi) is 4.11. The minimum absolute atomic E-state index is 0.0112. The van der Waals surface area contributed by atoms with Gasteiger partial charge in [0.1, 0.15) is 0 Å². The van der Waals surface area contributed by atoms with E-state index >= 15 is 0 Å². The fourth-order valence-corrected chi connectivity index (χ4v) is 3.18. The minimum atomic E-state index is -0.0112. The summed E-state index contributed by atoms with van der Waals surface area (Å²) >= 11 is 3.56. The van der Waals surface area contributed by atoms with Gasteiger partial charge in [-0.1, -0.05) is 13.8 Å². The van der Waals surface area contributed by atoms with E-state index in [0.29, 0.717) is 5.92 Å². The van der Waals surface area contributed by atoms with E-state index in [2.05, 4.69) is 35.8 Å². The standard InChI is InChI=1S/C15H22BrNO2/c1-9(2)12-10(8-15(17)5-6-15)7-11(16)13(18-3)14(12)19-4/h7,9H,5-6,8,17H2,1-4H3. The van der Waals surface area contributed by atoms with Gasteiger partial charge in [-0.05, 0) is 52.7 Å². The van der Waals surface area contributed by atoms with E-state index in [4.69, 9.17) is 15.2 Å². The van der Waals surface area contributed by atoms with Crippen LogP contribution in [0.2, 0.25) is 0 Å². The second kappa shape index (κ2) is 5.33. The van der Waals surface area contributed by atoms with E-state index in [1.54, 1.807) is 14.2 Å². The van der Waals surface area contributed by atoms with Crippen molar-refractivity contribution in [2.24, 2.45) is 5.73 Å². The molecule has 0 radical (unpaired) electrons. The quantitative estimate of drug-likeness (QED) is 0.898. The lowest BCUT2D eigenvalue weighted by Gasteiger charge is -2.22. The first kappa shape index (κ1) is 14.7. The molecule has 1 aromatic rings. The van der Waals surface area contributed by atoms with Crippen LogP contribution in [-0.4, -0.2) is 19.8 Å². The molecule has 2 rings (SSSR count). The van der Waals surface area contributed by atoms with Crippen molar-refractivity contribution in [2.45, 2.75) is 44.6 Å². The number of rotatable bonds is 5. The van der Waals surface area contributed by atoms with Gasteiger partial charge in [-0.3, -0.25) is 0 Å². The Morgan fingerprint density at radius 3 is 2.26 bits per heavy atom. The molecule has 106 valence electrons. The van der Waals surface area contributed by atoms with Crippen LogP contribution in [-0.2, 0) is 6.42 Å². The van der Waals surface area contributed by atoms with E-state index < -0.39 is 0 Å². The molecular weight excluding hydrogens is 306 g/mol. The summed E-state index contributed by atoms with van der Waals surface area (Å²) in [4.78, 5) is 0. The van der Waals surface area contributed by atoms with Gasteiger partial charge in [0, 0.05) is 11.1 Å². The summed E-state index contributed by atoms with van der Waals surface area (Å²) in [6.07, 6.45) is 3.12. The molecule has 0 spiro atoms. The number of halogens is 1. The molecule has 1 saturated carbocycles. The minimum Gasteiger partial charge on any atom is -0.493 e. The maximum atomic E-state index is 6.27. The summed E-state index contributed by atoms with van der Waals surface area (Å²) in [6.45, 7) is 4.34. The molecule has 0 aliphatic heterocycles. The molecule has 0 saturated heterocycles. The largest absolute Gasteiger partial charge is 0.493 e. The lowest BCUT2D eigenvalue weighted by molar-refractivity contribution is 0.347. The first-order valence-corrected chi connectivity index (χ1v) is 7.43. The van der Waals surface area contributed by atoms with Crippen LogP contribution in [0.1, 0.15) is 43.7 Å². The monoisotopic (exact) mass is 327 g/mol. The number of benzene rings is 1. The van der Waals surface area contributed by atoms with Crippen molar-refractivity contribution in [3.8, 4) is 11.5 Å². The highest BCUT2D eigenvalue weighted by atomic mass is 79.9. The van der Waals surface area contributed by atoms with Crippen molar-refractivity contribution < 1.29 is 9.47 Å². The van der Waals surface area contributed by atoms with E-state index in [9.17, 15) is 0 Å². The normalized spacial score (nSPS) is 16.6.